The molecule has 6 heteroatoms. The van der Waals surface area contributed by atoms with Crippen molar-refractivity contribution in [3.63, 3.8) is 0 Å². The lowest BCUT2D eigenvalue weighted by molar-refractivity contribution is 0.0953. The number of nitrogens with one attached hydrogen (secondary N) is 1. The number of carbonyl (C=O) groups excluding carboxylic acids is 1. The number of aryl methyl sites for hydroxylation is 2. The van der Waals surface area contributed by atoms with E-state index in [1.165, 1.54) is 10.6 Å². The van der Waals surface area contributed by atoms with Gasteiger partial charge >= 0.3 is 0 Å². The van der Waals surface area contributed by atoms with Crippen LogP contribution in [0.4, 0.5) is 0 Å². The number of aromatic nitrogens is 2. The summed E-state index contributed by atoms with van der Waals surface area (Å²) in [6, 6.07) is 19.1. The fourth-order valence-corrected chi connectivity index (χ4v) is 3.54. The molecule has 2 aromatic carbocycles. The van der Waals surface area contributed by atoms with E-state index >= 15 is 0 Å². The lowest BCUT2D eigenvalue weighted by Gasteiger charge is -2.08. The van der Waals surface area contributed by atoms with E-state index in [0.717, 1.165) is 27.6 Å². The molecule has 2 heterocycles. The first-order valence-corrected chi connectivity index (χ1v) is 9.65. The summed E-state index contributed by atoms with van der Waals surface area (Å²) in [5.74, 6) is -0.532. The van der Waals surface area contributed by atoms with Crippen molar-refractivity contribution in [1.82, 2.24) is 14.6 Å². The SMILES string of the molecule is Cc1cccc(Cn2cccc(C(=O)N/N=C\c3cn(C)c4ccccc34)c2=O)c1. The third-order valence-electron chi connectivity index (χ3n) is 5.00. The van der Waals surface area contributed by atoms with Crippen LogP contribution in [-0.4, -0.2) is 21.3 Å². The molecule has 0 bridgehead atoms. The van der Waals surface area contributed by atoms with Gasteiger partial charge in [-0.3, -0.25) is 9.59 Å². The van der Waals surface area contributed by atoms with Gasteiger partial charge in [0, 0.05) is 35.9 Å². The van der Waals surface area contributed by atoms with Crippen molar-refractivity contribution in [1.29, 1.82) is 0 Å². The summed E-state index contributed by atoms with van der Waals surface area (Å²) in [5.41, 5.74) is 6.27. The van der Waals surface area contributed by atoms with Crippen LogP contribution < -0.4 is 11.0 Å². The van der Waals surface area contributed by atoms with Gasteiger partial charge in [-0.05, 0) is 30.7 Å². The van der Waals surface area contributed by atoms with E-state index in [1.54, 1.807) is 18.5 Å². The van der Waals surface area contributed by atoms with Crippen LogP contribution in [0.5, 0.6) is 0 Å². The van der Waals surface area contributed by atoms with Crippen LogP contribution in [0, 0.1) is 6.92 Å². The number of hydrogen-bond acceptors (Lipinski definition) is 3. The highest BCUT2D eigenvalue weighted by Gasteiger charge is 2.12. The Kier molecular flexibility index (Phi) is 5.30. The van der Waals surface area contributed by atoms with Crippen LogP contribution in [0.3, 0.4) is 0 Å². The Balaban J connectivity index is 1.52. The van der Waals surface area contributed by atoms with E-state index in [0.29, 0.717) is 6.54 Å². The number of amides is 1. The van der Waals surface area contributed by atoms with Crippen molar-refractivity contribution in [3.05, 3.63) is 106 Å². The summed E-state index contributed by atoms with van der Waals surface area (Å²) in [6.07, 6.45) is 5.22. The van der Waals surface area contributed by atoms with E-state index in [4.69, 9.17) is 0 Å². The van der Waals surface area contributed by atoms with Crippen molar-refractivity contribution < 1.29 is 4.79 Å². The second-order valence-electron chi connectivity index (χ2n) is 7.26. The number of rotatable bonds is 5. The first kappa shape index (κ1) is 19.4. The van der Waals surface area contributed by atoms with Gasteiger partial charge < -0.3 is 9.13 Å². The molecule has 0 unspecified atom stereocenters. The molecule has 4 rings (SSSR count). The van der Waals surface area contributed by atoms with E-state index < -0.39 is 5.91 Å². The van der Waals surface area contributed by atoms with E-state index in [2.05, 4.69) is 10.5 Å². The van der Waals surface area contributed by atoms with Crippen molar-refractivity contribution in [2.24, 2.45) is 12.1 Å². The minimum Gasteiger partial charge on any atom is -0.350 e. The Hall–Kier alpha value is -3.93. The highest BCUT2D eigenvalue weighted by Crippen LogP contribution is 2.18. The summed E-state index contributed by atoms with van der Waals surface area (Å²) in [6.45, 7) is 2.41. The van der Waals surface area contributed by atoms with E-state index in [-0.39, 0.29) is 11.1 Å². The average molecular weight is 398 g/mol. The molecule has 0 saturated heterocycles. The lowest BCUT2D eigenvalue weighted by Crippen LogP contribution is -2.30. The first-order valence-electron chi connectivity index (χ1n) is 9.65. The molecular formula is C24H22N4O2. The van der Waals surface area contributed by atoms with Gasteiger partial charge in [0.05, 0.1) is 12.8 Å². The zero-order valence-electron chi connectivity index (χ0n) is 16.9. The molecule has 0 aliphatic heterocycles. The second-order valence-corrected chi connectivity index (χ2v) is 7.26. The molecule has 0 fully saturated rings. The van der Waals surface area contributed by atoms with Gasteiger partial charge in [0.1, 0.15) is 5.56 Å². The monoisotopic (exact) mass is 398 g/mol. The minimum absolute atomic E-state index is 0.0558. The fourth-order valence-electron chi connectivity index (χ4n) is 3.54. The molecule has 4 aromatic rings. The molecule has 150 valence electrons. The van der Waals surface area contributed by atoms with Crippen LogP contribution in [0.25, 0.3) is 10.9 Å². The van der Waals surface area contributed by atoms with Gasteiger partial charge in [-0.1, -0.05) is 48.0 Å². The molecule has 0 saturated carbocycles. The molecule has 0 radical (unpaired) electrons. The Morgan fingerprint density at radius 2 is 1.93 bits per heavy atom. The number of fused-ring (bicyclic) bond motifs is 1. The van der Waals surface area contributed by atoms with Gasteiger partial charge in [-0.2, -0.15) is 5.10 Å². The van der Waals surface area contributed by atoms with E-state index in [9.17, 15) is 9.59 Å². The molecule has 2 aromatic heterocycles. The Morgan fingerprint density at radius 1 is 1.10 bits per heavy atom. The maximum atomic E-state index is 12.8. The summed E-state index contributed by atoms with van der Waals surface area (Å²) in [5, 5.41) is 5.10. The molecule has 0 aliphatic rings. The quantitative estimate of drug-likeness (QED) is 0.413. The third kappa shape index (κ3) is 3.93. The van der Waals surface area contributed by atoms with Crippen LogP contribution >= 0.6 is 0 Å². The summed E-state index contributed by atoms with van der Waals surface area (Å²) < 4.78 is 3.53. The van der Waals surface area contributed by atoms with Gasteiger partial charge in [-0.15, -0.1) is 0 Å². The molecule has 30 heavy (non-hydrogen) atoms. The number of benzene rings is 2. The van der Waals surface area contributed by atoms with Crippen LogP contribution in [0.15, 0.2) is 83.0 Å². The van der Waals surface area contributed by atoms with Gasteiger partial charge in [0.25, 0.3) is 11.5 Å². The van der Waals surface area contributed by atoms with Gasteiger partial charge in [0.15, 0.2) is 0 Å². The normalized spacial score (nSPS) is 11.3. The summed E-state index contributed by atoms with van der Waals surface area (Å²) in [7, 11) is 1.96. The number of hydrogen-bond donors (Lipinski definition) is 1. The summed E-state index contributed by atoms with van der Waals surface area (Å²) in [4.78, 5) is 25.3. The molecule has 1 amide bonds. The fraction of sp³-hybridized carbons (Fsp3) is 0.125. The number of para-hydroxylation sites is 1. The van der Waals surface area contributed by atoms with Gasteiger partial charge in [0.2, 0.25) is 0 Å². The van der Waals surface area contributed by atoms with Gasteiger partial charge in [-0.25, -0.2) is 5.43 Å². The molecule has 1 N–H and O–H groups in total. The smallest absolute Gasteiger partial charge is 0.276 e. The minimum atomic E-state index is -0.532. The van der Waals surface area contributed by atoms with E-state index in [1.807, 2.05) is 73.3 Å². The van der Waals surface area contributed by atoms with Crippen molar-refractivity contribution in [2.45, 2.75) is 13.5 Å². The molecule has 6 nitrogen and oxygen atoms in total. The Bertz CT molecular complexity index is 1310. The predicted octanol–water partition coefficient (Wildman–Crippen LogP) is 3.46. The number of nitrogens with zero attached hydrogens (tertiary/aromatic N) is 3. The van der Waals surface area contributed by atoms with Crippen LogP contribution in [0.2, 0.25) is 0 Å². The maximum absolute atomic E-state index is 12.8. The van der Waals surface area contributed by atoms with Crippen molar-refractivity contribution >= 4 is 23.0 Å². The maximum Gasteiger partial charge on any atom is 0.276 e. The standard InChI is InChI=1S/C24H22N4O2/c1-17-7-5-8-18(13-17)15-28-12-6-10-21(24(28)30)23(29)26-25-14-19-16-27(2)22-11-4-3-9-20(19)22/h3-14,16H,15H2,1-2H3,(H,26,29)/b25-14-. The lowest BCUT2D eigenvalue weighted by atomic mass is 10.1. The topological polar surface area (TPSA) is 68.4 Å². The van der Waals surface area contributed by atoms with Crippen molar-refractivity contribution in [3.8, 4) is 0 Å². The average Bonchev–Trinajstić information content (AvgIpc) is 3.05. The number of pyridine rings is 1. The molecule has 0 atom stereocenters. The van der Waals surface area contributed by atoms with Crippen LogP contribution in [-0.2, 0) is 13.6 Å². The molecule has 0 aliphatic carbocycles. The number of carbonyl (C=O) groups is 1. The second kappa shape index (κ2) is 8.21. The number of hydrazone groups is 1. The highest BCUT2D eigenvalue weighted by molar-refractivity contribution is 6.00. The first-order chi connectivity index (χ1) is 14.5. The summed E-state index contributed by atoms with van der Waals surface area (Å²) >= 11 is 0. The molecule has 0 spiro atoms. The zero-order valence-corrected chi connectivity index (χ0v) is 16.9. The Labute approximate surface area is 174 Å². The Morgan fingerprint density at radius 3 is 2.77 bits per heavy atom. The third-order valence-corrected chi connectivity index (χ3v) is 5.00. The largest absolute Gasteiger partial charge is 0.350 e. The zero-order chi connectivity index (χ0) is 21.1. The predicted molar refractivity (Wildman–Crippen MR) is 119 cm³/mol. The van der Waals surface area contributed by atoms with Crippen LogP contribution in [0.1, 0.15) is 27.0 Å². The highest BCUT2D eigenvalue weighted by atomic mass is 16.2. The van der Waals surface area contributed by atoms with Crippen molar-refractivity contribution in [2.75, 3.05) is 0 Å². The molecular weight excluding hydrogens is 376 g/mol.